The van der Waals surface area contributed by atoms with Gasteiger partial charge in [-0.3, -0.25) is 14.9 Å². The molecule has 0 N–H and O–H groups in total. The van der Waals surface area contributed by atoms with Gasteiger partial charge in [-0.05, 0) is 36.2 Å². The lowest BCUT2D eigenvalue weighted by molar-refractivity contribution is -0.384. The Kier molecular flexibility index (Phi) is 8.18. The molecule has 0 spiro atoms. The molecule has 4 rings (SSSR count). The second-order valence-corrected chi connectivity index (χ2v) is 8.48. The molecular weight excluding hydrogens is 528 g/mol. The molecule has 1 heterocycles. The number of non-ortho nitro benzene ring substituents is 1. The number of nitro benzene ring substituents is 1. The number of allylic oxidation sites excluding steroid dienone is 1. The molecule has 1 atom stereocenters. The molecule has 0 aromatic heterocycles. The number of methoxy groups -OCH3 is 1. The number of aliphatic imine (C=N–C) groups is 1. The Labute approximate surface area is 227 Å². The van der Waals surface area contributed by atoms with E-state index in [0.29, 0.717) is 11.6 Å². The van der Waals surface area contributed by atoms with Crippen molar-refractivity contribution in [1.29, 1.82) is 0 Å². The topological polar surface area (TPSA) is 121 Å². The molecule has 0 fully saturated rings. The van der Waals surface area contributed by atoms with Gasteiger partial charge in [0.25, 0.3) is 5.69 Å². The molecule has 0 saturated carbocycles. The van der Waals surface area contributed by atoms with Crippen LogP contribution in [0.5, 0.6) is 5.75 Å². The summed E-state index contributed by atoms with van der Waals surface area (Å²) in [6.45, 7) is 1.48. The second kappa shape index (κ2) is 11.7. The van der Waals surface area contributed by atoms with Crippen LogP contribution >= 0.6 is 0 Å². The van der Waals surface area contributed by atoms with Crippen LogP contribution < -0.4 is 4.84 Å². The maximum absolute atomic E-state index is 15.5. The Hall–Kier alpha value is -5.13. The first-order chi connectivity index (χ1) is 19.2. The predicted molar refractivity (Wildman–Crippen MR) is 138 cm³/mol. The quantitative estimate of drug-likeness (QED) is 0.158. The van der Waals surface area contributed by atoms with Crippen LogP contribution in [0.15, 0.2) is 89.1 Å². The lowest BCUT2D eigenvalue weighted by Crippen LogP contribution is -2.58. The standard InChI is InChI=1S/C28H23F2N3O7/c1-3-24-25(26(35)39-16-18-7-5-4-6-8-18)28(17-34,22-14-9-19(29)15-23(22)30)32(27(31-24)38-2)40-21-12-10-20(11-13-21)33(36)37/h4-15,17H,3,16H2,1-2H3. The molecule has 0 radical (unpaired) electrons. The molecule has 0 amide bonds. The number of carbonyl (C=O) groups is 2. The maximum Gasteiger partial charge on any atom is 0.339 e. The van der Waals surface area contributed by atoms with Crippen molar-refractivity contribution in [3.8, 4) is 5.75 Å². The Balaban J connectivity index is 1.90. The number of rotatable bonds is 9. The van der Waals surface area contributed by atoms with E-state index in [-0.39, 0.29) is 48.0 Å². The molecule has 3 aromatic carbocycles. The van der Waals surface area contributed by atoms with Crippen LogP contribution in [0.1, 0.15) is 24.5 Å². The van der Waals surface area contributed by atoms with Crippen molar-refractivity contribution in [1.82, 2.24) is 5.06 Å². The third-order valence-electron chi connectivity index (χ3n) is 6.09. The number of hydroxylamine groups is 2. The zero-order valence-corrected chi connectivity index (χ0v) is 21.4. The highest BCUT2D eigenvalue weighted by molar-refractivity contribution is 6.02. The zero-order chi connectivity index (χ0) is 28.9. The number of ether oxygens (including phenoxy) is 2. The molecular formula is C28H23F2N3O7. The first-order valence-corrected chi connectivity index (χ1v) is 12.0. The van der Waals surface area contributed by atoms with Gasteiger partial charge in [-0.1, -0.05) is 37.3 Å². The summed E-state index contributed by atoms with van der Waals surface area (Å²) in [5.41, 5.74) is -2.80. The van der Waals surface area contributed by atoms with Gasteiger partial charge in [0.05, 0.1) is 23.3 Å². The van der Waals surface area contributed by atoms with Gasteiger partial charge in [0.2, 0.25) is 0 Å². The Bertz CT molecular complexity index is 1490. The minimum absolute atomic E-state index is 0.0364. The number of nitrogens with zero attached hydrogens (tertiary/aromatic N) is 3. The van der Waals surface area contributed by atoms with Gasteiger partial charge in [0.15, 0.2) is 17.6 Å². The van der Waals surface area contributed by atoms with Gasteiger partial charge in [-0.25, -0.2) is 13.6 Å². The summed E-state index contributed by atoms with van der Waals surface area (Å²) < 4.78 is 40.3. The van der Waals surface area contributed by atoms with E-state index in [9.17, 15) is 24.1 Å². The molecule has 0 bridgehead atoms. The summed E-state index contributed by atoms with van der Waals surface area (Å²) in [7, 11) is 1.22. The summed E-state index contributed by atoms with van der Waals surface area (Å²) in [6, 6.07) is 15.6. The molecule has 3 aromatic rings. The molecule has 1 unspecified atom stereocenters. The summed E-state index contributed by atoms with van der Waals surface area (Å²) in [4.78, 5) is 47.5. The van der Waals surface area contributed by atoms with Gasteiger partial charge in [-0.2, -0.15) is 4.99 Å². The van der Waals surface area contributed by atoms with Crippen molar-refractivity contribution >= 4 is 24.0 Å². The molecule has 0 aliphatic carbocycles. The Morgan fingerprint density at radius 3 is 2.38 bits per heavy atom. The summed E-state index contributed by atoms with van der Waals surface area (Å²) in [5, 5.41) is 11.8. The van der Waals surface area contributed by atoms with E-state index in [0.717, 1.165) is 29.3 Å². The summed E-state index contributed by atoms with van der Waals surface area (Å²) in [6.07, 6.45) is 0.337. The fraction of sp³-hybridized carbons (Fsp3) is 0.179. The number of halogens is 2. The van der Waals surface area contributed by atoms with Crippen molar-refractivity contribution in [2.75, 3.05) is 7.11 Å². The van der Waals surface area contributed by atoms with Crippen LogP contribution in [0.4, 0.5) is 14.5 Å². The first-order valence-electron chi connectivity index (χ1n) is 12.0. The number of hydrogen-bond donors (Lipinski definition) is 0. The van der Waals surface area contributed by atoms with E-state index in [2.05, 4.69) is 4.99 Å². The summed E-state index contributed by atoms with van der Waals surface area (Å²) >= 11 is 0. The molecule has 1 aliphatic heterocycles. The molecule has 12 heteroatoms. The maximum atomic E-state index is 15.5. The van der Waals surface area contributed by atoms with Crippen molar-refractivity contribution in [2.45, 2.75) is 25.5 Å². The number of nitro groups is 1. The zero-order valence-electron chi connectivity index (χ0n) is 21.4. The third-order valence-corrected chi connectivity index (χ3v) is 6.09. The average Bonchev–Trinajstić information content (AvgIpc) is 2.96. The van der Waals surface area contributed by atoms with Crippen LogP contribution in [0.2, 0.25) is 0 Å². The largest absolute Gasteiger partial charge is 0.466 e. The highest BCUT2D eigenvalue weighted by Crippen LogP contribution is 2.43. The minimum atomic E-state index is -2.41. The van der Waals surface area contributed by atoms with E-state index in [1.54, 1.807) is 37.3 Å². The number of hydrogen-bond acceptors (Lipinski definition) is 9. The number of benzene rings is 3. The summed E-state index contributed by atoms with van der Waals surface area (Å²) in [5.74, 6) is -3.13. The van der Waals surface area contributed by atoms with Crippen molar-refractivity contribution < 1.29 is 37.6 Å². The van der Waals surface area contributed by atoms with Crippen molar-refractivity contribution in [2.24, 2.45) is 4.99 Å². The molecule has 40 heavy (non-hydrogen) atoms. The van der Waals surface area contributed by atoms with E-state index >= 15 is 4.39 Å². The molecule has 1 aliphatic rings. The highest BCUT2D eigenvalue weighted by Gasteiger charge is 2.55. The van der Waals surface area contributed by atoms with Gasteiger partial charge in [0.1, 0.15) is 18.2 Å². The average molecular weight is 552 g/mol. The fourth-order valence-electron chi connectivity index (χ4n) is 4.20. The van der Waals surface area contributed by atoms with Crippen LogP contribution in [-0.2, 0) is 31.2 Å². The normalized spacial score (nSPS) is 16.7. The van der Waals surface area contributed by atoms with E-state index in [1.165, 1.54) is 19.2 Å². The molecule has 0 saturated heterocycles. The van der Waals surface area contributed by atoms with Gasteiger partial charge < -0.3 is 14.3 Å². The van der Waals surface area contributed by atoms with E-state index < -0.39 is 33.6 Å². The number of esters is 1. The van der Waals surface area contributed by atoms with Crippen molar-refractivity contribution in [3.05, 3.63) is 117 Å². The fourth-order valence-corrected chi connectivity index (χ4v) is 4.20. The van der Waals surface area contributed by atoms with Crippen LogP contribution in [0, 0.1) is 21.7 Å². The van der Waals surface area contributed by atoms with Crippen LogP contribution in [-0.4, -0.2) is 35.4 Å². The SMILES string of the molecule is CCC1=C(C(=O)OCc2ccccc2)C(C=O)(c2ccc(F)cc2F)N(Oc2ccc([N+](=O)[O-])cc2)C(OC)=N1. The number of aldehydes is 1. The first kappa shape index (κ1) is 27.9. The minimum Gasteiger partial charge on any atom is -0.466 e. The second-order valence-electron chi connectivity index (χ2n) is 8.48. The Morgan fingerprint density at radius 1 is 1.10 bits per heavy atom. The monoisotopic (exact) mass is 551 g/mol. The van der Waals surface area contributed by atoms with E-state index in [1.807, 2.05) is 0 Å². The van der Waals surface area contributed by atoms with Gasteiger partial charge in [0, 0.05) is 23.8 Å². The predicted octanol–water partition coefficient (Wildman–Crippen LogP) is 4.99. The van der Waals surface area contributed by atoms with Gasteiger partial charge in [-0.15, -0.1) is 5.06 Å². The lowest BCUT2D eigenvalue weighted by Gasteiger charge is -2.42. The van der Waals surface area contributed by atoms with Gasteiger partial charge >= 0.3 is 12.0 Å². The lowest BCUT2D eigenvalue weighted by atomic mass is 9.80. The molecule has 10 nitrogen and oxygen atoms in total. The van der Waals surface area contributed by atoms with Crippen LogP contribution in [0.3, 0.4) is 0 Å². The third kappa shape index (κ3) is 5.23. The number of carbonyl (C=O) groups excluding carboxylic acids is 2. The Morgan fingerprint density at radius 2 is 1.80 bits per heavy atom. The van der Waals surface area contributed by atoms with E-state index in [4.69, 9.17) is 14.3 Å². The number of amidine groups is 1. The highest BCUT2D eigenvalue weighted by atomic mass is 19.1. The van der Waals surface area contributed by atoms with Crippen molar-refractivity contribution in [3.63, 3.8) is 0 Å². The smallest absolute Gasteiger partial charge is 0.339 e. The van der Waals surface area contributed by atoms with Crippen LogP contribution in [0.25, 0.3) is 0 Å². The molecule has 206 valence electrons.